The van der Waals surface area contributed by atoms with Crippen LogP contribution in [-0.4, -0.2) is 36.0 Å². The van der Waals surface area contributed by atoms with Gasteiger partial charge in [0.05, 0.1) is 13.2 Å². The van der Waals surface area contributed by atoms with Crippen LogP contribution >= 0.6 is 22.6 Å². The molecule has 0 aliphatic rings. The average molecular weight is 600 g/mol. The lowest BCUT2D eigenvalue weighted by Crippen LogP contribution is -2.44. The van der Waals surface area contributed by atoms with Gasteiger partial charge in [-0.15, -0.1) is 0 Å². The van der Waals surface area contributed by atoms with E-state index in [9.17, 15) is 19.5 Å². The molecule has 3 aromatic rings. The molecule has 0 unspecified atom stereocenters. The topological polar surface area (TPSA) is 89.9 Å². The van der Waals surface area contributed by atoms with Crippen molar-refractivity contribution in [1.82, 2.24) is 0 Å². The van der Waals surface area contributed by atoms with Gasteiger partial charge in [0.15, 0.2) is 11.2 Å². The van der Waals surface area contributed by atoms with Crippen molar-refractivity contribution in [3.63, 3.8) is 0 Å². The van der Waals surface area contributed by atoms with E-state index in [-0.39, 0.29) is 37.6 Å². The Balaban J connectivity index is 1.90. The maximum absolute atomic E-state index is 13.4. The summed E-state index contributed by atoms with van der Waals surface area (Å²) in [6.07, 6.45) is 0.136. The number of rotatable bonds is 11. The Morgan fingerprint density at radius 1 is 0.833 bits per heavy atom. The standard InChI is InChI=1S/C29H29IO6/c1-3-35-27(33)29(28(34)36-4-2,17-16-20-6-5-7-24(30)18-20)19-26(32)23-10-8-21(9-11-23)22-12-14-25(31)15-13-22/h5-15,18,31H,3-4,16-17,19H2,1-2H3. The molecule has 0 aliphatic carbocycles. The molecule has 0 bridgehead atoms. The minimum atomic E-state index is -1.75. The summed E-state index contributed by atoms with van der Waals surface area (Å²) in [5.74, 6) is -1.67. The van der Waals surface area contributed by atoms with E-state index in [1.807, 2.05) is 24.3 Å². The van der Waals surface area contributed by atoms with E-state index in [2.05, 4.69) is 22.6 Å². The van der Waals surface area contributed by atoms with E-state index >= 15 is 0 Å². The number of benzene rings is 3. The first kappa shape index (κ1) is 27.4. The first-order valence-electron chi connectivity index (χ1n) is 11.8. The zero-order valence-corrected chi connectivity index (χ0v) is 22.5. The van der Waals surface area contributed by atoms with E-state index in [1.54, 1.807) is 62.4 Å². The number of ketones is 1. The largest absolute Gasteiger partial charge is 0.508 e. The molecule has 1 N–H and O–H groups in total. The number of hydrogen-bond acceptors (Lipinski definition) is 6. The smallest absolute Gasteiger partial charge is 0.323 e. The van der Waals surface area contributed by atoms with E-state index in [4.69, 9.17) is 9.47 Å². The number of halogens is 1. The Morgan fingerprint density at radius 2 is 1.39 bits per heavy atom. The lowest BCUT2D eigenvalue weighted by molar-refractivity contribution is -0.172. The SMILES string of the molecule is CCOC(=O)C(CCc1cccc(I)c1)(CC(=O)c1ccc(-c2ccc(O)cc2)cc1)C(=O)OCC. The van der Waals surface area contributed by atoms with Crippen LogP contribution in [0.15, 0.2) is 72.8 Å². The zero-order valence-electron chi connectivity index (χ0n) is 20.3. The van der Waals surface area contributed by atoms with Gasteiger partial charge < -0.3 is 14.6 Å². The van der Waals surface area contributed by atoms with Gasteiger partial charge in [-0.1, -0.05) is 48.5 Å². The van der Waals surface area contributed by atoms with Crippen molar-refractivity contribution < 1.29 is 29.0 Å². The summed E-state index contributed by atoms with van der Waals surface area (Å²) in [6, 6.07) is 21.4. The number of carbonyl (C=O) groups is 3. The van der Waals surface area contributed by atoms with Crippen molar-refractivity contribution >= 4 is 40.3 Å². The van der Waals surface area contributed by atoms with Crippen LogP contribution in [0.1, 0.15) is 42.6 Å². The second-order valence-corrected chi connectivity index (χ2v) is 9.62. The average Bonchev–Trinajstić information content (AvgIpc) is 2.87. The number of aryl methyl sites for hydroxylation is 1. The van der Waals surface area contributed by atoms with E-state index in [0.717, 1.165) is 20.3 Å². The molecule has 0 fully saturated rings. The second kappa shape index (κ2) is 12.7. The van der Waals surface area contributed by atoms with Gasteiger partial charge in [-0.25, -0.2) is 0 Å². The molecule has 3 aromatic carbocycles. The van der Waals surface area contributed by atoms with Gasteiger partial charge >= 0.3 is 11.9 Å². The normalized spacial score (nSPS) is 11.1. The molecule has 0 aromatic heterocycles. The Labute approximate surface area is 224 Å². The number of phenolic OH excluding ortho intramolecular Hbond substituents is 1. The number of aromatic hydroxyl groups is 1. The monoisotopic (exact) mass is 600 g/mol. The number of phenols is 1. The molecule has 7 heteroatoms. The molecule has 0 saturated carbocycles. The maximum atomic E-state index is 13.4. The quantitative estimate of drug-likeness (QED) is 0.126. The first-order chi connectivity index (χ1) is 17.3. The molecule has 0 saturated heterocycles. The van der Waals surface area contributed by atoms with Crippen LogP contribution < -0.4 is 0 Å². The highest BCUT2D eigenvalue weighted by molar-refractivity contribution is 14.1. The van der Waals surface area contributed by atoms with Crippen molar-refractivity contribution in [1.29, 1.82) is 0 Å². The molecule has 188 valence electrons. The van der Waals surface area contributed by atoms with Crippen molar-refractivity contribution in [3.8, 4) is 16.9 Å². The van der Waals surface area contributed by atoms with Gasteiger partial charge in [-0.05, 0) is 90.2 Å². The molecule has 0 amide bonds. The second-order valence-electron chi connectivity index (χ2n) is 8.38. The maximum Gasteiger partial charge on any atom is 0.323 e. The number of ether oxygens (including phenoxy) is 2. The summed E-state index contributed by atoms with van der Waals surface area (Å²) >= 11 is 2.21. The fourth-order valence-electron chi connectivity index (χ4n) is 3.99. The molecule has 0 aliphatic heterocycles. The van der Waals surface area contributed by atoms with E-state index < -0.39 is 17.4 Å². The molecule has 0 spiro atoms. The molecule has 0 atom stereocenters. The van der Waals surface area contributed by atoms with Crippen LogP contribution in [0.4, 0.5) is 0 Å². The van der Waals surface area contributed by atoms with Crippen LogP contribution in [0.25, 0.3) is 11.1 Å². The number of esters is 2. The predicted octanol–water partition coefficient (Wildman–Crippen LogP) is 5.98. The van der Waals surface area contributed by atoms with E-state index in [0.29, 0.717) is 12.0 Å². The van der Waals surface area contributed by atoms with Gasteiger partial charge in [0.25, 0.3) is 0 Å². The van der Waals surface area contributed by atoms with Crippen LogP contribution in [0.5, 0.6) is 5.75 Å². The highest BCUT2D eigenvalue weighted by Crippen LogP contribution is 2.35. The Hall–Kier alpha value is -3.20. The predicted molar refractivity (Wildman–Crippen MR) is 146 cm³/mol. The van der Waals surface area contributed by atoms with E-state index in [1.165, 1.54) is 0 Å². The highest BCUT2D eigenvalue weighted by atomic mass is 127. The molecule has 0 heterocycles. The Bertz CT molecular complexity index is 1180. The van der Waals surface area contributed by atoms with Crippen LogP contribution in [0.3, 0.4) is 0 Å². The third-order valence-electron chi connectivity index (χ3n) is 5.93. The zero-order chi connectivity index (χ0) is 26.1. The van der Waals surface area contributed by atoms with Gasteiger partial charge in [-0.2, -0.15) is 0 Å². The Kier molecular flexibility index (Phi) is 9.64. The Morgan fingerprint density at radius 3 is 1.92 bits per heavy atom. The summed E-state index contributed by atoms with van der Waals surface area (Å²) in [4.78, 5) is 39.8. The fraction of sp³-hybridized carbons (Fsp3) is 0.276. The minimum absolute atomic E-state index is 0.0821. The van der Waals surface area contributed by atoms with Crippen molar-refractivity contribution in [2.75, 3.05) is 13.2 Å². The lowest BCUT2D eigenvalue weighted by Gasteiger charge is -2.29. The summed E-state index contributed by atoms with van der Waals surface area (Å²) in [6.45, 7) is 3.49. The molecular formula is C29H29IO6. The lowest BCUT2D eigenvalue weighted by atomic mass is 9.76. The fourth-order valence-corrected chi connectivity index (χ4v) is 4.60. The van der Waals surface area contributed by atoms with Crippen molar-refractivity contribution in [3.05, 3.63) is 87.5 Å². The first-order valence-corrected chi connectivity index (χ1v) is 12.9. The minimum Gasteiger partial charge on any atom is -0.508 e. The number of carbonyl (C=O) groups excluding carboxylic acids is 3. The number of Topliss-reactive ketones (excluding diaryl/α,β-unsaturated/α-hetero) is 1. The van der Waals surface area contributed by atoms with Gasteiger partial charge in [0, 0.05) is 15.6 Å². The summed E-state index contributed by atoms with van der Waals surface area (Å²) < 4.78 is 11.6. The molecule has 6 nitrogen and oxygen atoms in total. The molecule has 3 rings (SSSR count). The third kappa shape index (κ3) is 6.72. The highest BCUT2D eigenvalue weighted by Gasteiger charge is 2.50. The molecule has 36 heavy (non-hydrogen) atoms. The molecule has 0 radical (unpaired) electrons. The van der Waals surface area contributed by atoms with Crippen LogP contribution in [0, 0.1) is 8.99 Å². The number of hydrogen-bond donors (Lipinski definition) is 1. The molecular weight excluding hydrogens is 571 g/mol. The van der Waals surface area contributed by atoms with Gasteiger partial charge in [0.2, 0.25) is 0 Å². The summed E-state index contributed by atoms with van der Waals surface area (Å²) in [5, 5.41) is 9.50. The summed E-state index contributed by atoms with van der Waals surface area (Å²) in [7, 11) is 0. The van der Waals surface area contributed by atoms with Crippen molar-refractivity contribution in [2.24, 2.45) is 5.41 Å². The summed E-state index contributed by atoms with van der Waals surface area (Å²) in [5.41, 5.74) is 1.33. The van der Waals surface area contributed by atoms with Crippen LogP contribution in [0.2, 0.25) is 0 Å². The van der Waals surface area contributed by atoms with Crippen molar-refractivity contribution in [2.45, 2.75) is 33.1 Å². The third-order valence-corrected chi connectivity index (χ3v) is 6.60. The van der Waals surface area contributed by atoms with Gasteiger partial charge in [-0.3, -0.25) is 14.4 Å². The van der Waals surface area contributed by atoms with Crippen LogP contribution in [-0.2, 0) is 25.5 Å². The van der Waals surface area contributed by atoms with Gasteiger partial charge in [0.1, 0.15) is 5.75 Å².